The van der Waals surface area contributed by atoms with Gasteiger partial charge in [0.1, 0.15) is 5.52 Å². The fraction of sp³-hybridized carbons (Fsp3) is 0. The van der Waals surface area contributed by atoms with Crippen LogP contribution in [0.4, 0.5) is 0 Å². The Morgan fingerprint density at radius 1 is 0.682 bits per heavy atom. The Bertz CT molecular complexity index is 1180. The second-order valence-corrected chi connectivity index (χ2v) is 5.26. The van der Waals surface area contributed by atoms with Crippen LogP contribution in [0, 0.1) is 0 Å². The third kappa shape index (κ3) is 1.46. The van der Waals surface area contributed by atoms with Crippen LogP contribution in [0.2, 0.25) is 0 Å². The zero-order valence-corrected chi connectivity index (χ0v) is 11.6. The van der Waals surface area contributed by atoms with E-state index in [1.807, 2.05) is 36.4 Å². The molecule has 0 saturated heterocycles. The second-order valence-electron chi connectivity index (χ2n) is 5.26. The number of hydrogen-bond acceptors (Lipinski definition) is 4. The molecule has 0 amide bonds. The van der Waals surface area contributed by atoms with Gasteiger partial charge in [0.15, 0.2) is 0 Å². The van der Waals surface area contributed by atoms with Gasteiger partial charge >= 0.3 is 0 Å². The van der Waals surface area contributed by atoms with Gasteiger partial charge in [0.05, 0.1) is 16.6 Å². The first-order valence-corrected chi connectivity index (χ1v) is 7.09. The number of aromatic nitrogens is 4. The first-order chi connectivity index (χ1) is 10.9. The predicted molar refractivity (Wildman–Crippen MR) is 87.6 cm³/mol. The largest absolute Gasteiger partial charge is 0.256 e. The fourth-order valence-electron chi connectivity index (χ4n) is 3.05. The molecule has 22 heavy (non-hydrogen) atoms. The van der Waals surface area contributed by atoms with Gasteiger partial charge in [0, 0.05) is 33.9 Å². The van der Waals surface area contributed by atoms with Crippen molar-refractivity contribution < 1.29 is 0 Å². The topological polar surface area (TPSA) is 51.6 Å². The van der Waals surface area contributed by atoms with Crippen molar-refractivity contribution in [3.63, 3.8) is 0 Å². The molecule has 0 saturated carbocycles. The molecular weight excluding hydrogens is 272 g/mol. The summed E-state index contributed by atoms with van der Waals surface area (Å²) in [7, 11) is 0. The lowest BCUT2D eigenvalue weighted by molar-refractivity contribution is 1.09. The fourth-order valence-corrected chi connectivity index (χ4v) is 3.05. The minimum absolute atomic E-state index is 0.883. The zero-order chi connectivity index (χ0) is 14.5. The molecule has 0 atom stereocenters. The highest BCUT2D eigenvalue weighted by atomic mass is 15.1. The van der Waals surface area contributed by atoms with E-state index < -0.39 is 0 Å². The van der Waals surface area contributed by atoms with Crippen molar-refractivity contribution in [2.75, 3.05) is 0 Å². The van der Waals surface area contributed by atoms with Crippen molar-refractivity contribution in [3.05, 3.63) is 60.9 Å². The van der Waals surface area contributed by atoms with Gasteiger partial charge in [0.2, 0.25) is 0 Å². The molecule has 102 valence electrons. The second kappa shape index (κ2) is 4.18. The normalized spacial score (nSPS) is 11.6. The molecule has 3 aromatic heterocycles. The standard InChI is InChI=1S/C18H10N4/c1-3-11-5-7-15-16(17(11)22-20-10-1)13-6-8-14-12(18(13)21-15)4-2-9-19-14/h1-10H. The summed E-state index contributed by atoms with van der Waals surface area (Å²) >= 11 is 0. The van der Waals surface area contributed by atoms with Crippen LogP contribution in [-0.2, 0) is 0 Å². The molecule has 0 aliphatic carbocycles. The Hall–Kier alpha value is -3.14. The average molecular weight is 282 g/mol. The summed E-state index contributed by atoms with van der Waals surface area (Å²) < 4.78 is 0. The van der Waals surface area contributed by atoms with Crippen molar-refractivity contribution in [3.8, 4) is 0 Å². The number of hydrogen-bond donors (Lipinski definition) is 0. The van der Waals surface area contributed by atoms with Crippen LogP contribution < -0.4 is 0 Å². The van der Waals surface area contributed by atoms with Crippen molar-refractivity contribution in [1.82, 2.24) is 20.2 Å². The first kappa shape index (κ1) is 11.5. The van der Waals surface area contributed by atoms with Gasteiger partial charge in [-0.25, -0.2) is 4.98 Å². The minimum Gasteiger partial charge on any atom is -0.256 e. The molecule has 5 rings (SSSR count). The molecule has 0 bridgehead atoms. The van der Waals surface area contributed by atoms with E-state index in [9.17, 15) is 0 Å². The summed E-state index contributed by atoms with van der Waals surface area (Å²) in [5.74, 6) is 0. The molecule has 0 N–H and O–H groups in total. The molecule has 0 unspecified atom stereocenters. The van der Waals surface area contributed by atoms with Crippen LogP contribution in [0.25, 0.3) is 43.6 Å². The maximum absolute atomic E-state index is 4.81. The van der Waals surface area contributed by atoms with Gasteiger partial charge in [0.25, 0.3) is 0 Å². The molecular formula is C18H10N4. The number of rotatable bonds is 0. The van der Waals surface area contributed by atoms with Gasteiger partial charge in [-0.3, -0.25) is 4.98 Å². The SMILES string of the molecule is c1cnnc2c(c1)ccc1nc3c4cccnc4ccc3c12. The van der Waals surface area contributed by atoms with Crippen LogP contribution in [0.1, 0.15) is 0 Å². The Kier molecular flexibility index (Phi) is 2.19. The van der Waals surface area contributed by atoms with E-state index in [0.717, 1.165) is 43.6 Å². The lowest BCUT2D eigenvalue weighted by Gasteiger charge is -1.98. The summed E-state index contributed by atoms with van der Waals surface area (Å²) in [4.78, 5) is 9.21. The highest BCUT2D eigenvalue weighted by Crippen LogP contribution is 2.33. The van der Waals surface area contributed by atoms with E-state index in [2.05, 4.69) is 27.3 Å². The number of fused-ring (bicyclic) bond motifs is 7. The summed E-state index contributed by atoms with van der Waals surface area (Å²) in [6, 6.07) is 16.1. The Morgan fingerprint density at radius 3 is 2.59 bits per heavy atom. The molecule has 2 aromatic carbocycles. The predicted octanol–water partition coefficient (Wildman–Crippen LogP) is 3.88. The van der Waals surface area contributed by atoms with E-state index in [1.54, 1.807) is 12.4 Å². The molecule has 0 spiro atoms. The van der Waals surface area contributed by atoms with Crippen molar-refractivity contribution in [1.29, 1.82) is 0 Å². The van der Waals surface area contributed by atoms with E-state index in [1.165, 1.54) is 0 Å². The van der Waals surface area contributed by atoms with Gasteiger partial charge in [-0.15, -0.1) is 5.10 Å². The molecule has 0 radical (unpaired) electrons. The molecule has 5 aromatic rings. The van der Waals surface area contributed by atoms with Gasteiger partial charge in [-0.2, -0.15) is 5.10 Å². The van der Waals surface area contributed by atoms with Crippen molar-refractivity contribution in [2.24, 2.45) is 0 Å². The molecule has 4 nitrogen and oxygen atoms in total. The first-order valence-electron chi connectivity index (χ1n) is 7.09. The van der Waals surface area contributed by atoms with E-state index in [0.29, 0.717) is 0 Å². The molecule has 0 aliphatic rings. The Labute approximate surface area is 125 Å². The smallest absolute Gasteiger partial charge is 0.103 e. The van der Waals surface area contributed by atoms with Crippen molar-refractivity contribution >= 4 is 43.6 Å². The Morgan fingerprint density at radius 2 is 1.59 bits per heavy atom. The van der Waals surface area contributed by atoms with Crippen LogP contribution in [-0.4, -0.2) is 20.2 Å². The van der Waals surface area contributed by atoms with Crippen molar-refractivity contribution in [2.45, 2.75) is 0 Å². The summed E-state index contributed by atoms with van der Waals surface area (Å²) in [5.41, 5.74) is 3.76. The third-order valence-electron chi connectivity index (χ3n) is 4.03. The number of nitrogens with zero attached hydrogens (tertiary/aromatic N) is 4. The minimum atomic E-state index is 0.883. The number of pyridine rings is 1. The van der Waals surface area contributed by atoms with Crippen LogP contribution in [0.15, 0.2) is 60.9 Å². The molecule has 0 aliphatic heterocycles. The summed E-state index contributed by atoms with van der Waals surface area (Å²) in [6.45, 7) is 0. The highest BCUT2D eigenvalue weighted by Gasteiger charge is 2.12. The Balaban J connectivity index is 2.11. The number of benzene rings is 2. The lowest BCUT2D eigenvalue weighted by atomic mass is 10.1. The molecule has 3 heterocycles. The summed E-state index contributed by atoms with van der Waals surface area (Å²) in [6.07, 6.45) is 3.50. The van der Waals surface area contributed by atoms with Crippen LogP contribution >= 0.6 is 0 Å². The van der Waals surface area contributed by atoms with E-state index >= 15 is 0 Å². The third-order valence-corrected chi connectivity index (χ3v) is 4.03. The van der Waals surface area contributed by atoms with Crippen LogP contribution in [0.3, 0.4) is 0 Å². The highest BCUT2D eigenvalue weighted by molar-refractivity contribution is 6.23. The monoisotopic (exact) mass is 282 g/mol. The molecule has 4 heteroatoms. The lowest BCUT2D eigenvalue weighted by Crippen LogP contribution is -1.79. The van der Waals surface area contributed by atoms with Gasteiger partial charge < -0.3 is 0 Å². The maximum atomic E-state index is 4.81. The van der Waals surface area contributed by atoms with Gasteiger partial charge in [-0.1, -0.05) is 12.1 Å². The molecule has 0 fully saturated rings. The maximum Gasteiger partial charge on any atom is 0.103 e. The van der Waals surface area contributed by atoms with E-state index in [4.69, 9.17) is 4.98 Å². The van der Waals surface area contributed by atoms with Gasteiger partial charge in [-0.05, 0) is 36.4 Å². The zero-order valence-electron chi connectivity index (χ0n) is 11.6. The summed E-state index contributed by atoms with van der Waals surface area (Å²) in [5, 5.41) is 12.7. The van der Waals surface area contributed by atoms with Crippen LogP contribution in [0.5, 0.6) is 0 Å². The van der Waals surface area contributed by atoms with E-state index in [-0.39, 0.29) is 0 Å². The quantitative estimate of drug-likeness (QED) is 0.432. The average Bonchev–Trinajstić information content (AvgIpc) is 2.78.